The van der Waals surface area contributed by atoms with E-state index in [2.05, 4.69) is 5.32 Å². The Bertz CT molecular complexity index is 2060. The van der Waals surface area contributed by atoms with Crippen LogP contribution in [0, 0.1) is 31.6 Å². The zero-order valence-corrected chi connectivity index (χ0v) is 22.8. The van der Waals surface area contributed by atoms with E-state index in [1.165, 1.54) is 48.5 Å². The first-order valence-corrected chi connectivity index (χ1v) is 13.2. The smallest absolute Gasteiger partial charge is 0.274 e. The van der Waals surface area contributed by atoms with Crippen LogP contribution in [-0.4, -0.2) is 20.3 Å². The van der Waals surface area contributed by atoms with Gasteiger partial charge in [-0.3, -0.25) is 34.4 Å². The molecule has 12 nitrogen and oxygen atoms in total. The van der Waals surface area contributed by atoms with Crippen LogP contribution in [0.1, 0.15) is 17.0 Å². The summed E-state index contributed by atoms with van der Waals surface area (Å²) in [6.07, 6.45) is 1.42. The van der Waals surface area contributed by atoms with E-state index in [1.54, 1.807) is 30.3 Å². The van der Waals surface area contributed by atoms with E-state index in [4.69, 9.17) is 17.3 Å². The number of nitro groups is 2. The Kier molecular flexibility index (Phi) is 7.41. The largest absolute Gasteiger partial charge is 0.384 e. The number of carbonyl (C=O) groups excluding carboxylic acids is 1. The summed E-state index contributed by atoms with van der Waals surface area (Å²) in [5.74, 6) is -2.09. The minimum atomic E-state index is -1.16. The number of anilines is 1. The third kappa shape index (κ3) is 5.15. The molecule has 0 aliphatic carbocycles. The molecule has 0 bridgehead atoms. The Morgan fingerprint density at radius 2 is 1.69 bits per heavy atom. The number of hydrogen-bond donors (Lipinski definition) is 2. The fraction of sp³-hybridized carbons (Fsp3) is 0.0357. The molecule has 3 N–H and O–H groups in total. The van der Waals surface area contributed by atoms with Gasteiger partial charge in [0.2, 0.25) is 0 Å². The highest BCUT2D eigenvalue weighted by atomic mass is 35.5. The summed E-state index contributed by atoms with van der Waals surface area (Å²) in [5, 5.41) is 36.1. The Balaban J connectivity index is 1.81. The van der Waals surface area contributed by atoms with Crippen LogP contribution in [0.4, 0.5) is 17.1 Å². The van der Waals surface area contributed by atoms with Gasteiger partial charge in [-0.1, -0.05) is 35.9 Å². The third-order valence-electron chi connectivity index (χ3n) is 6.41. The first-order valence-electron chi connectivity index (χ1n) is 12.0. The lowest BCUT2D eigenvalue weighted by Gasteiger charge is -2.25. The molecule has 0 spiro atoms. The number of rotatable bonds is 6. The minimum Gasteiger partial charge on any atom is -0.384 e. The van der Waals surface area contributed by atoms with Crippen molar-refractivity contribution in [2.24, 2.45) is 5.73 Å². The van der Waals surface area contributed by atoms with Crippen molar-refractivity contribution in [1.29, 1.82) is 5.26 Å². The highest BCUT2D eigenvalue weighted by molar-refractivity contribution is 7.07. The highest BCUT2D eigenvalue weighted by Crippen LogP contribution is 2.37. The molecule has 42 heavy (non-hydrogen) atoms. The molecule has 1 aliphatic heterocycles. The summed E-state index contributed by atoms with van der Waals surface area (Å²) in [6.45, 7) is 0. The number of nitrogens with zero attached hydrogens (tertiary/aromatic N) is 4. The first kappa shape index (κ1) is 28.0. The molecule has 3 aromatic carbocycles. The Morgan fingerprint density at radius 1 is 1.05 bits per heavy atom. The average Bonchev–Trinajstić information content (AvgIpc) is 3.29. The number of non-ortho nitro benzene ring substituents is 2. The zero-order valence-electron chi connectivity index (χ0n) is 21.2. The van der Waals surface area contributed by atoms with Gasteiger partial charge in [-0.25, -0.2) is 0 Å². The van der Waals surface area contributed by atoms with Gasteiger partial charge in [0, 0.05) is 35.0 Å². The Hall–Kier alpha value is -5.58. The zero-order chi connectivity index (χ0) is 30.1. The molecule has 1 aromatic heterocycles. The van der Waals surface area contributed by atoms with Crippen molar-refractivity contribution in [2.75, 3.05) is 5.32 Å². The molecule has 4 aromatic rings. The molecule has 1 atom stereocenters. The van der Waals surface area contributed by atoms with Crippen molar-refractivity contribution < 1.29 is 14.6 Å². The number of amides is 1. The monoisotopic (exact) mass is 600 g/mol. The maximum Gasteiger partial charge on any atom is 0.274 e. The van der Waals surface area contributed by atoms with E-state index in [0.29, 0.717) is 16.3 Å². The Labute approximate surface area is 244 Å². The van der Waals surface area contributed by atoms with Gasteiger partial charge < -0.3 is 11.1 Å². The van der Waals surface area contributed by atoms with Crippen LogP contribution in [0.25, 0.3) is 17.5 Å². The molecule has 2 heterocycles. The predicted octanol–water partition coefficient (Wildman–Crippen LogP) is 3.45. The molecular weight excluding hydrogens is 584 g/mol. The van der Waals surface area contributed by atoms with Crippen molar-refractivity contribution in [3.8, 4) is 6.07 Å². The van der Waals surface area contributed by atoms with Crippen LogP contribution in [0.2, 0.25) is 5.02 Å². The van der Waals surface area contributed by atoms with Gasteiger partial charge in [0.15, 0.2) is 0 Å². The van der Waals surface area contributed by atoms with Crippen LogP contribution in [0.3, 0.4) is 0 Å². The van der Waals surface area contributed by atoms with Crippen LogP contribution >= 0.6 is 22.9 Å². The van der Waals surface area contributed by atoms with Gasteiger partial charge in [0.1, 0.15) is 10.5 Å². The maximum absolute atomic E-state index is 13.9. The molecular formula is C28H17ClN6O6S. The SMILES string of the molecule is N#CC1=C(N)n2c(s/c(=C\c3cccc([N+](=O)[O-])c3)c2=O)=C(C(=O)Nc2ccc(Cl)cc2)C1c1cccc([N+](=O)[O-])c1. The number of halogens is 1. The van der Waals surface area contributed by atoms with Gasteiger partial charge in [-0.15, -0.1) is 11.3 Å². The van der Waals surface area contributed by atoms with Gasteiger partial charge in [0.05, 0.1) is 37.5 Å². The van der Waals surface area contributed by atoms with E-state index in [0.717, 1.165) is 15.9 Å². The summed E-state index contributed by atoms with van der Waals surface area (Å²) in [4.78, 5) is 49.1. The molecule has 5 rings (SSSR count). The first-order chi connectivity index (χ1) is 20.1. The number of nitrogens with one attached hydrogen (secondary N) is 1. The lowest BCUT2D eigenvalue weighted by molar-refractivity contribution is -0.385. The molecule has 1 amide bonds. The quantitative estimate of drug-likeness (QED) is 0.248. The van der Waals surface area contributed by atoms with E-state index >= 15 is 0 Å². The summed E-state index contributed by atoms with van der Waals surface area (Å²) in [5.41, 5.74) is 6.01. The normalized spacial score (nSPS) is 14.7. The van der Waals surface area contributed by atoms with Crippen molar-refractivity contribution in [1.82, 2.24) is 4.57 Å². The number of hydrogen-bond acceptors (Lipinski definition) is 9. The number of thiazole rings is 1. The number of nitro benzene ring substituents is 2. The van der Waals surface area contributed by atoms with Crippen molar-refractivity contribution in [2.45, 2.75) is 5.92 Å². The number of allylic oxidation sites excluding steroid dienone is 1. The number of nitrogens with two attached hydrogens (primary N) is 1. The van der Waals surface area contributed by atoms with E-state index in [1.807, 2.05) is 6.07 Å². The summed E-state index contributed by atoms with van der Waals surface area (Å²) >= 11 is 6.86. The lowest BCUT2D eigenvalue weighted by Crippen LogP contribution is -2.40. The van der Waals surface area contributed by atoms with Crippen molar-refractivity contribution in [3.05, 3.63) is 134 Å². The molecule has 1 unspecified atom stereocenters. The molecule has 0 saturated carbocycles. The number of nitriles is 1. The van der Waals surface area contributed by atoms with Crippen LogP contribution in [0.5, 0.6) is 0 Å². The van der Waals surface area contributed by atoms with Crippen LogP contribution in [-0.2, 0) is 4.79 Å². The number of aromatic nitrogens is 1. The Morgan fingerprint density at radius 3 is 2.33 bits per heavy atom. The van der Waals surface area contributed by atoms with Gasteiger partial charge >= 0.3 is 0 Å². The van der Waals surface area contributed by atoms with Gasteiger partial charge in [-0.05, 0) is 41.5 Å². The highest BCUT2D eigenvalue weighted by Gasteiger charge is 2.36. The fourth-order valence-corrected chi connectivity index (χ4v) is 5.83. The second kappa shape index (κ2) is 11.1. The molecule has 0 saturated heterocycles. The average molecular weight is 601 g/mol. The molecule has 14 heteroatoms. The molecule has 0 fully saturated rings. The third-order valence-corrected chi connectivity index (χ3v) is 7.77. The predicted molar refractivity (Wildman–Crippen MR) is 157 cm³/mol. The maximum atomic E-state index is 13.9. The van der Waals surface area contributed by atoms with E-state index in [9.17, 15) is 35.1 Å². The molecule has 0 radical (unpaired) electrons. The van der Waals surface area contributed by atoms with Crippen molar-refractivity contribution in [3.63, 3.8) is 0 Å². The van der Waals surface area contributed by atoms with Crippen LogP contribution in [0.15, 0.2) is 83.2 Å². The fourth-order valence-electron chi connectivity index (χ4n) is 4.53. The van der Waals surface area contributed by atoms with Gasteiger partial charge in [0.25, 0.3) is 22.8 Å². The number of benzene rings is 3. The second-order valence-electron chi connectivity index (χ2n) is 8.98. The molecule has 1 aliphatic rings. The number of fused-ring (bicyclic) bond motifs is 1. The van der Waals surface area contributed by atoms with E-state index < -0.39 is 27.2 Å². The van der Waals surface area contributed by atoms with Crippen molar-refractivity contribution >= 4 is 63.4 Å². The van der Waals surface area contributed by atoms with Crippen LogP contribution < -0.4 is 25.8 Å². The number of carbonyl (C=O) groups is 1. The lowest BCUT2D eigenvalue weighted by atomic mass is 9.83. The van der Waals surface area contributed by atoms with Gasteiger partial charge in [-0.2, -0.15) is 5.26 Å². The summed E-state index contributed by atoms with van der Waals surface area (Å²) < 4.78 is 1.22. The minimum absolute atomic E-state index is 0.0445. The topological polar surface area (TPSA) is 187 Å². The molecule has 208 valence electrons. The standard InChI is InChI=1S/C28H17ClN6O6S/c29-17-7-9-18(10-8-17)32-26(36)24-23(16-4-2-6-20(13-16)35(40)41)21(14-30)25(31)33-27(37)22(42-28(24)33)12-15-3-1-5-19(11-15)34(38)39/h1-13,23H,31H2,(H,32,36)/b22-12-. The summed E-state index contributed by atoms with van der Waals surface area (Å²) in [7, 11) is 0. The second-order valence-corrected chi connectivity index (χ2v) is 10.4. The van der Waals surface area contributed by atoms with E-state index in [-0.39, 0.29) is 43.1 Å². The summed E-state index contributed by atoms with van der Waals surface area (Å²) in [6, 6.07) is 19.3.